The van der Waals surface area contributed by atoms with Crippen LogP contribution in [0.15, 0.2) is 54.9 Å². The number of aliphatic hydroxyl groups excluding tert-OH is 1. The van der Waals surface area contributed by atoms with Crippen LogP contribution in [0.3, 0.4) is 0 Å². The van der Waals surface area contributed by atoms with Gasteiger partial charge in [-0.15, -0.1) is 0 Å². The van der Waals surface area contributed by atoms with Crippen molar-refractivity contribution in [2.75, 3.05) is 7.05 Å². The number of benzene rings is 1. The molecule has 0 bridgehead atoms. The smallest absolute Gasteiger partial charge is 0.269 e. The molecule has 2 N–H and O–H groups in total. The number of rotatable bonds is 8. The molecule has 0 aliphatic heterocycles. The summed E-state index contributed by atoms with van der Waals surface area (Å²) in [5.74, 6) is -0.500. The van der Waals surface area contributed by atoms with Gasteiger partial charge in [0.25, 0.3) is 5.91 Å². The Hall–Kier alpha value is -3.32. The standard InChI is InChI=1S/C22H24N4O3/c1-23-22(29)19-12-17(20(27)10-6-7-15-13-24-26(2)14-15)11-18(25-19)21(28)16-8-4-3-5-9-16/h3-5,8-9,11-14,21,28H,6-7,10H2,1-2H3,(H,23,29)/t21-/m0/s1. The van der Waals surface area contributed by atoms with E-state index >= 15 is 0 Å². The maximum Gasteiger partial charge on any atom is 0.269 e. The minimum absolute atomic E-state index is 0.0945. The molecule has 0 aliphatic rings. The Morgan fingerprint density at radius 1 is 1.21 bits per heavy atom. The molecule has 0 spiro atoms. The Bertz CT molecular complexity index is 998. The van der Waals surface area contributed by atoms with Gasteiger partial charge >= 0.3 is 0 Å². The fraction of sp³-hybridized carbons (Fsp3) is 0.273. The van der Waals surface area contributed by atoms with E-state index in [1.165, 1.54) is 13.1 Å². The third-order valence-electron chi connectivity index (χ3n) is 4.65. The van der Waals surface area contributed by atoms with E-state index in [1.807, 2.05) is 31.4 Å². The molecule has 3 rings (SSSR count). The maximum atomic E-state index is 12.8. The second-order valence-corrected chi connectivity index (χ2v) is 6.86. The number of aryl methyl sites for hydroxylation is 2. The molecule has 1 atom stereocenters. The summed E-state index contributed by atoms with van der Waals surface area (Å²) in [5, 5.41) is 17.3. The highest BCUT2D eigenvalue weighted by atomic mass is 16.3. The van der Waals surface area contributed by atoms with E-state index in [0.29, 0.717) is 24.0 Å². The fourth-order valence-corrected chi connectivity index (χ4v) is 3.10. The Kier molecular flexibility index (Phi) is 6.51. The number of nitrogens with one attached hydrogen (secondary N) is 1. The zero-order valence-corrected chi connectivity index (χ0v) is 16.5. The molecule has 1 amide bonds. The van der Waals surface area contributed by atoms with Crippen molar-refractivity contribution >= 4 is 11.7 Å². The van der Waals surface area contributed by atoms with Crippen LogP contribution in [-0.4, -0.2) is 38.6 Å². The molecular weight excluding hydrogens is 368 g/mol. The van der Waals surface area contributed by atoms with Crippen LogP contribution in [0.2, 0.25) is 0 Å². The molecule has 2 heterocycles. The normalized spacial score (nSPS) is 11.8. The third kappa shape index (κ3) is 5.14. The van der Waals surface area contributed by atoms with Crippen molar-refractivity contribution in [2.45, 2.75) is 25.4 Å². The van der Waals surface area contributed by atoms with E-state index in [0.717, 1.165) is 12.0 Å². The number of ketones is 1. The summed E-state index contributed by atoms with van der Waals surface area (Å²) in [6, 6.07) is 12.1. The number of carbonyl (C=O) groups is 2. The molecule has 7 nitrogen and oxygen atoms in total. The Labute approximate surface area is 169 Å². The minimum atomic E-state index is -1.03. The van der Waals surface area contributed by atoms with Gasteiger partial charge in [0.2, 0.25) is 0 Å². The number of aliphatic hydroxyl groups is 1. The van der Waals surface area contributed by atoms with Crippen LogP contribution in [0, 0.1) is 0 Å². The van der Waals surface area contributed by atoms with Crippen molar-refractivity contribution in [3.8, 4) is 0 Å². The van der Waals surface area contributed by atoms with Crippen molar-refractivity contribution in [1.82, 2.24) is 20.1 Å². The van der Waals surface area contributed by atoms with Crippen molar-refractivity contribution < 1.29 is 14.7 Å². The average Bonchev–Trinajstić information content (AvgIpc) is 3.17. The van der Waals surface area contributed by atoms with E-state index in [-0.39, 0.29) is 17.2 Å². The summed E-state index contributed by atoms with van der Waals surface area (Å²) < 4.78 is 1.73. The van der Waals surface area contributed by atoms with Crippen LogP contribution in [0.1, 0.15) is 56.6 Å². The molecule has 2 aromatic heterocycles. The Balaban J connectivity index is 1.80. The van der Waals surface area contributed by atoms with Crippen LogP contribution < -0.4 is 5.32 Å². The second kappa shape index (κ2) is 9.25. The molecular formula is C22H24N4O3. The highest BCUT2D eigenvalue weighted by Gasteiger charge is 2.19. The highest BCUT2D eigenvalue weighted by molar-refractivity contribution is 5.99. The van der Waals surface area contributed by atoms with Crippen molar-refractivity contribution in [2.24, 2.45) is 7.05 Å². The van der Waals surface area contributed by atoms with Crippen molar-refractivity contribution in [3.05, 3.63) is 82.9 Å². The summed E-state index contributed by atoms with van der Waals surface area (Å²) in [6.45, 7) is 0. The molecule has 0 fully saturated rings. The molecule has 0 radical (unpaired) electrons. The lowest BCUT2D eigenvalue weighted by Crippen LogP contribution is -2.21. The number of aromatic nitrogens is 3. The van der Waals surface area contributed by atoms with Gasteiger partial charge in [-0.25, -0.2) is 4.98 Å². The van der Waals surface area contributed by atoms with Gasteiger partial charge in [-0.05, 0) is 36.1 Å². The van der Waals surface area contributed by atoms with Gasteiger partial charge < -0.3 is 10.4 Å². The molecule has 29 heavy (non-hydrogen) atoms. The molecule has 3 aromatic rings. The highest BCUT2D eigenvalue weighted by Crippen LogP contribution is 2.22. The summed E-state index contributed by atoms with van der Waals surface area (Å²) >= 11 is 0. The summed E-state index contributed by atoms with van der Waals surface area (Å²) in [6.07, 6.45) is 4.42. The van der Waals surface area contributed by atoms with E-state index in [9.17, 15) is 14.7 Å². The Morgan fingerprint density at radius 3 is 2.62 bits per heavy atom. The molecule has 150 valence electrons. The minimum Gasteiger partial charge on any atom is -0.382 e. The number of hydrogen-bond donors (Lipinski definition) is 2. The predicted octanol–water partition coefficient (Wildman–Crippen LogP) is 2.46. The molecule has 0 aliphatic carbocycles. The van der Waals surface area contributed by atoms with Crippen LogP contribution in [0.4, 0.5) is 0 Å². The van der Waals surface area contributed by atoms with Gasteiger partial charge in [0.1, 0.15) is 11.8 Å². The number of pyridine rings is 1. The Morgan fingerprint density at radius 2 is 1.97 bits per heavy atom. The summed E-state index contributed by atoms with van der Waals surface area (Å²) in [4.78, 5) is 29.1. The average molecular weight is 392 g/mol. The number of hydrogen-bond acceptors (Lipinski definition) is 5. The first-order valence-corrected chi connectivity index (χ1v) is 9.45. The largest absolute Gasteiger partial charge is 0.382 e. The lowest BCUT2D eigenvalue weighted by molar-refractivity contribution is 0.0957. The first-order chi connectivity index (χ1) is 14.0. The zero-order chi connectivity index (χ0) is 20.8. The van der Waals surface area contributed by atoms with Gasteiger partial charge in [0.15, 0.2) is 5.78 Å². The van der Waals surface area contributed by atoms with Gasteiger partial charge in [0.05, 0.1) is 11.9 Å². The monoisotopic (exact) mass is 392 g/mol. The van der Waals surface area contributed by atoms with Gasteiger partial charge in [-0.2, -0.15) is 5.10 Å². The van der Waals surface area contributed by atoms with E-state index in [2.05, 4.69) is 15.4 Å². The molecule has 1 aromatic carbocycles. The first-order valence-electron chi connectivity index (χ1n) is 9.45. The van der Waals surface area contributed by atoms with Crippen molar-refractivity contribution in [1.29, 1.82) is 0 Å². The molecule has 7 heteroatoms. The van der Waals surface area contributed by atoms with Crippen LogP contribution in [0.5, 0.6) is 0 Å². The second-order valence-electron chi connectivity index (χ2n) is 6.86. The summed E-state index contributed by atoms with van der Waals surface area (Å²) in [7, 11) is 3.35. The van der Waals surface area contributed by atoms with Crippen LogP contribution in [-0.2, 0) is 13.5 Å². The number of Topliss-reactive ketones (excluding diaryl/α,β-unsaturated/α-hetero) is 1. The predicted molar refractivity (Wildman–Crippen MR) is 109 cm³/mol. The number of nitrogens with zero attached hydrogens (tertiary/aromatic N) is 3. The van der Waals surface area contributed by atoms with Gasteiger partial charge in [-0.3, -0.25) is 14.3 Å². The third-order valence-corrected chi connectivity index (χ3v) is 4.65. The molecule has 0 saturated heterocycles. The van der Waals surface area contributed by atoms with E-state index < -0.39 is 12.0 Å². The van der Waals surface area contributed by atoms with E-state index in [1.54, 1.807) is 29.1 Å². The van der Waals surface area contributed by atoms with Crippen molar-refractivity contribution in [3.63, 3.8) is 0 Å². The lowest BCUT2D eigenvalue weighted by atomic mass is 9.99. The van der Waals surface area contributed by atoms with Gasteiger partial charge in [-0.1, -0.05) is 30.3 Å². The lowest BCUT2D eigenvalue weighted by Gasteiger charge is -2.13. The molecule has 0 saturated carbocycles. The van der Waals surface area contributed by atoms with Crippen LogP contribution >= 0.6 is 0 Å². The number of amides is 1. The zero-order valence-electron chi connectivity index (χ0n) is 16.5. The van der Waals surface area contributed by atoms with Gasteiger partial charge in [0, 0.05) is 32.3 Å². The molecule has 0 unspecified atom stereocenters. The quantitative estimate of drug-likeness (QED) is 0.574. The topological polar surface area (TPSA) is 97.1 Å². The maximum absolute atomic E-state index is 12.8. The first kappa shape index (κ1) is 20.4. The number of carbonyl (C=O) groups excluding carboxylic acids is 2. The summed E-state index contributed by atoms with van der Waals surface area (Å²) in [5.41, 5.74) is 2.46. The SMILES string of the molecule is CNC(=O)c1cc(C(=O)CCCc2cnn(C)c2)cc([C@@H](O)c2ccccc2)n1. The van der Waals surface area contributed by atoms with E-state index in [4.69, 9.17) is 0 Å². The fourth-order valence-electron chi connectivity index (χ4n) is 3.10. The van der Waals surface area contributed by atoms with Crippen LogP contribution in [0.25, 0.3) is 0 Å².